The summed E-state index contributed by atoms with van der Waals surface area (Å²) in [4.78, 5) is 29.6. The van der Waals surface area contributed by atoms with Gasteiger partial charge in [0.05, 0.1) is 5.52 Å². The lowest BCUT2D eigenvalue weighted by Crippen LogP contribution is -2.27. The van der Waals surface area contributed by atoms with Crippen LogP contribution in [0.15, 0.2) is 42.6 Å². The Kier molecular flexibility index (Phi) is 5.46. The van der Waals surface area contributed by atoms with E-state index in [0.717, 1.165) is 5.56 Å². The van der Waals surface area contributed by atoms with E-state index < -0.39 is 5.91 Å². The van der Waals surface area contributed by atoms with Crippen LogP contribution in [0, 0.1) is 12.8 Å². The van der Waals surface area contributed by atoms with Crippen LogP contribution >= 0.6 is 11.6 Å². The summed E-state index contributed by atoms with van der Waals surface area (Å²) < 4.78 is 1.61. The molecule has 3 rings (SSSR count). The highest BCUT2D eigenvalue weighted by atomic mass is 35.5. The molecule has 2 aromatic heterocycles. The van der Waals surface area contributed by atoms with E-state index in [0.29, 0.717) is 28.7 Å². The maximum atomic E-state index is 12.8. The van der Waals surface area contributed by atoms with E-state index >= 15 is 0 Å². The molecular formula is C20H21ClN4O2. The number of hydrogen-bond donors (Lipinski definition) is 2. The third-order valence-electron chi connectivity index (χ3n) is 4.07. The van der Waals surface area contributed by atoms with E-state index in [-0.39, 0.29) is 17.4 Å². The number of carbonyl (C=O) groups excluding carboxylic acids is 2. The highest BCUT2D eigenvalue weighted by Crippen LogP contribution is 2.21. The normalized spacial score (nSPS) is 11.0. The third kappa shape index (κ3) is 4.11. The van der Waals surface area contributed by atoms with Crippen molar-refractivity contribution < 1.29 is 9.59 Å². The summed E-state index contributed by atoms with van der Waals surface area (Å²) in [5.74, 6) is -0.266. The Morgan fingerprint density at radius 3 is 2.67 bits per heavy atom. The van der Waals surface area contributed by atoms with Crippen LogP contribution in [0.25, 0.3) is 5.52 Å². The summed E-state index contributed by atoms with van der Waals surface area (Å²) in [7, 11) is 0. The van der Waals surface area contributed by atoms with Crippen LogP contribution in [0.3, 0.4) is 0 Å². The molecule has 0 fully saturated rings. The van der Waals surface area contributed by atoms with Crippen LogP contribution < -0.4 is 10.6 Å². The standard InChI is InChI=1S/C20H21ClN4O2/c1-12(2)11-22-19(26)17-16-6-4-5-9-25(16)18(24-17)20(27)23-14-8-7-13(3)15(21)10-14/h4-10,12H,11H2,1-3H3,(H,22,26)(H,23,27). The van der Waals surface area contributed by atoms with Crippen molar-refractivity contribution in [2.45, 2.75) is 20.8 Å². The molecule has 0 radical (unpaired) electrons. The van der Waals surface area contributed by atoms with Gasteiger partial charge >= 0.3 is 0 Å². The fraction of sp³-hybridized carbons (Fsp3) is 0.250. The second-order valence-corrected chi connectivity index (χ2v) is 7.17. The van der Waals surface area contributed by atoms with Crippen molar-refractivity contribution in [2.24, 2.45) is 5.92 Å². The number of nitrogens with one attached hydrogen (secondary N) is 2. The van der Waals surface area contributed by atoms with Crippen LogP contribution in [0.4, 0.5) is 5.69 Å². The summed E-state index contributed by atoms with van der Waals surface area (Å²) >= 11 is 6.12. The number of fused-ring (bicyclic) bond motifs is 1. The number of imidazole rings is 1. The third-order valence-corrected chi connectivity index (χ3v) is 4.47. The lowest BCUT2D eigenvalue weighted by Gasteiger charge is -2.06. The minimum atomic E-state index is -0.418. The largest absolute Gasteiger partial charge is 0.350 e. The minimum absolute atomic E-state index is 0.136. The van der Waals surface area contributed by atoms with Crippen LogP contribution in [0.1, 0.15) is 40.5 Å². The number of anilines is 1. The lowest BCUT2D eigenvalue weighted by atomic mass is 10.2. The molecule has 0 aliphatic heterocycles. The number of pyridine rings is 1. The summed E-state index contributed by atoms with van der Waals surface area (Å²) in [6.45, 7) is 6.44. The maximum absolute atomic E-state index is 12.8. The van der Waals surface area contributed by atoms with Gasteiger partial charge in [0.1, 0.15) is 0 Å². The molecule has 1 aromatic carbocycles. The molecule has 140 valence electrons. The second kappa shape index (κ2) is 7.80. The molecule has 0 bridgehead atoms. The molecule has 3 aromatic rings. The lowest BCUT2D eigenvalue weighted by molar-refractivity contribution is 0.0946. The molecule has 0 spiro atoms. The monoisotopic (exact) mass is 384 g/mol. The Bertz CT molecular complexity index is 1010. The average molecular weight is 385 g/mol. The first-order valence-electron chi connectivity index (χ1n) is 8.69. The Morgan fingerprint density at radius 2 is 1.96 bits per heavy atom. The highest BCUT2D eigenvalue weighted by molar-refractivity contribution is 6.31. The smallest absolute Gasteiger partial charge is 0.292 e. The quantitative estimate of drug-likeness (QED) is 0.699. The first-order valence-corrected chi connectivity index (χ1v) is 9.07. The highest BCUT2D eigenvalue weighted by Gasteiger charge is 2.21. The molecule has 0 unspecified atom stereocenters. The van der Waals surface area contributed by atoms with Gasteiger partial charge in [0.25, 0.3) is 11.8 Å². The molecule has 27 heavy (non-hydrogen) atoms. The van der Waals surface area contributed by atoms with Gasteiger partial charge in [-0.25, -0.2) is 4.98 Å². The molecular weight excluding hydrogens is 364 g/mol. The van der Waals surface area contributed by atoms with Crippen molar-refractivity contribution in [2.75, 3.05) is 11.9 Å². The van der Waals surface area contributed by atoms with E-state index in [1.165, 1.54) is 0 Å². The SMILES string of the molecule is Cc1ccc(NC(=O)c2nc(C(=O)NCC(C)C)c3ccccn23)cc1Cl. The Labute approximate surface area is 162 Å². The molecule has 6 nitrogen and oxygen atoms in total. The summed E-state index contributed by atoms with van der Waals surface area (Å²) in [6.07, 6.45) is 1.71. The number of amides is 2. The summed E-state index contributed by atoms with van der Waals surface area (Å²) in [5.41, 5.74) is 2.29. The molecule has 0 saturated heterocycles. The van der Waals surface area contributed by atoms with Gasteiger partial charge < -0.3 is 10.6 Å². The van der Waals surface area contributed by atoms with Crippen LogP contribution in [0.5, 0.6) is 0 Å². The van der Waals surface area contributed by atoms with E-state index in [9.17, 15) is 9.59 Å². The molecule has 7 heteroatoms. The van der Waals surface area contributed by atoms with Crippen molar-refractivity contribution >= 4 is 34.6 Å². The number of benzene rings is 1. The zero-order chi connectivity index (χ0) is 19.6. The first-order chi connectivity index (χ1) is 12.9. The zero-order valence-electron chi connectivity index (χ0n) is 15.4. The number of aryl methyl sites for hydroxylation is 1. The van der Waals surface area contributed by atoms with Crippen LogP contribution in [-0.2, 0) is 0 Å². The van der Waals surface area contributed by atoms with Gasteiger partial charge in [0, 0.05) is 23.5 Å². The van der Waals surface area contributed by atoms with Gasteiger partial charge in [-0.2, -0.15) is 0 Å². The fourth-order valence-electron chi connectivity index (χ4n) is 2.60. The maximum Gasteiger partial charge on any atom is 0.292 e. The average Bonchev–Trinajstić information content (AvgIpc) is 3.02. The van der Waals surface area contributed by atoms with Gasteiger partial charge in [0.15, 0.2) is 5.69 Å². The number of hydrogen-bond acceptors (Lipinski definition) is 3. The van der Waals surface area contributed by atoms with E-state index in [2.05, 4.69) is 15.6 Å². The molecule has 0 aliphatic carbocycles. The number of carbonyl (C=O) groups is 2. The number of halogens is 1. The number of aromatic nitrogens is 2. The van der Waals surface area contributed by atoms with Crippen molar-refractivity contribution in [1.82, 2.24) is 14.7 Å². The van der Waals surface area contributed by atoms with Crippen molar-refractivity contribution in [3.05, 3.63) is 64.7 Å². The van der Waals surface area contributed by atoms with Gasteiger partial charge in [-0.1, -0.05) is 37.6 Å². The molecule has 2 N–H and O–H groups in total. The van der Waals surface area contributed by atoms with Gasteiger partial charge in [0.2, 0.25) is 5.82 Å². The fourth-order valence-corrected chi connectivity index (χ4v) is 2.78. The Morgan fingerprint density at radius 1 is 1.19 bits per heavy atom. The molecule has 0 saturated carbocycles. The summed E-state index contributed by atoms with van der Waals surface area (Å²) in [5, 5.41) is 6.19. The van der Waals surface area contributed by atoms with E-state index in [1.54, 1.807) is 40.9 Å². The zero-order valence-corrected chi connectivity index (χ0v) is 16.2. The Hall–Kier alpha value is -2.86. The summed E-state index contributed by atoms with van der Waals surface area (Å²) in [6, 6.07) is 10.6. The van der Waals surface area contributed by atoms with E-state index in [4.69, 9.17) is 11.6 Å². The van der Waals surface area contributed by atoms with E-state index in [1.807, 2.05) is 26.8 Å². The van der Waals surface area contributed by atoms with Crippen molar-refractivity contribution in [1.29, 1.82) is 0 Å². The second-order valence-electron chi connectivity index (χ2n) is 6.76. The van der Waals surface area contributed by atoms with Crippen LogP contribution in [-0.4, -0.2) is 27.7 Å². The minimum Gasteiger partial charge on any atom is -0.350 e. The first kappa shape index (κ1) is 18.9. The molecule has 2 heterocycles. The number of rotatable bonds is 5. The predicted octanol–water partition coefficient (Wildman–Crippen LogP) is 3.93. The molecule has 0 aliphatic rings. The topological polar surface area (TPSA) is 75.5 Å². The predicted molar refractivity (Wildman–Crippen MR) is 107 cm³/mol. The molecule has 0 atom stereocenters. The van der Waals surface area contributed by atoms with Crippen molar-refractivity contribution in [3.8, 4) is 0 Å². The molecule has 2 amide bonds. The van der Waals surface area contributed by atoms with Gasteiger partial charge in [-0.3, -0.25) is 14.0 Å². The van der Waals surface area contributed by atoms with Gasteiger partial charge in [-0.05, 0) is 42.7 Å². The van der Waals surface area contributed by atoms with Crippen molar-refractivity contribution in [3.63, 3.8) is 0 Å². The Balaban J connectivity index is 1.93. The van der Waals surface area contributed by atoms with Crippen LogP contribution in [0.2, 0.25) is 5.02 Å². The number of nitrogens with zero attached hydrogens (tertiary/aromatic N) is 2. The van der Waals surface area contributed by atoms with Gasteiger partial charge in [-0.15, -0.1) is 0 Å².